The van der Waals surface area contributed by atoms with Crippen LogP contribution in [0.25, 0.3) is 10.9 Å². The molecule has 3 aromatic rings. The van der Waals surface area contributed by atoms with Gasteiger partial charge in [-0.3, -0.25) is 14.5 Å². The second kappa shape index (κ2) is 7.52. The summed E-state index contributed by atoms with van der Waals surface area (Å²) in [5, 5.41) is 3.43. The molecule has 2 fully saturated rings. The first-order valence-electron chi connectivity index (χ1n) is 10.3. The number of amides is 2. The summed E-state index contributed by atoms with van der Waals surface area (Å²) in [5.41, 5.74) is 2.93. The van der Waals surface area contributed by atoms with Crippen LogP contribution in [0.3, 0.4) is 0 Å². The quantitative estimate of drug-likeness (QED) is 0.648. The minimum atomic E-state index is 0.0292. The minimum Gasteiger partial charge on any atom is -0.347 e. The molecule has 0 saturated carbocycles. The van der Waals surface area contributed by atoms with Crippen molar-refractivity contribution in [3.8, 4) is 0 Å². The summed E-state index contributed by atoms with van der Waals surface area (Å²) in [6, 6.07) is 8.47. The van der Waals surface area contributed by atoms with E-state index >= 15 is 0 Å². The fraction of sp³-hybridized carbons (Fsp3) is 0.409. The average molecular weight is 424 g/mol. The Bertz CT molecular complexity index is 1090. The highest BCUT2D eigenvalue weighted by molar-refractivity contribution is 7.11. The maximum Gasteiger partial charge on any atom is 0.282 e. The molecule has 2 aliphatic rings. The van der Waals surface area contributed by atoms with E-state index in [-0.39, 0.29) is 11.8 Å². The molecule has 30 heavy (non-hydrogen) atoms. The van der Waals surface area contributed by atoms with Crippen LogP contribution in [0.2, 0.25) is 0 Å². The number of aromatic nitrogens is 2. The van der Waals surface area contributed by atoms with Crippen LogP contribution < -0.4 is 0 Å². The lowest BCUT2D eigenvalue weighted by Crippen LogP contribution is -2.64. The number of nitrogens with zero attached hydrogens (tertiary/aromatic N) is 5. The lowest BCUT2D eigenvalue weighted by molar-refractivity contribution is 0.00859. The molecule has 2 aliphatic heterocycles. The molecule has 2 aromatic heterocycles. The second-order valence-electron chi connectivity index (χ2n) is 8.07. The molecule has 0 spiro atoms. The Morgan fingerprint density at radius 3 is 2.47 bits per heavy atom. The molecule has 7 nitrogen and oxygen atoms in total. The number of rotatable bonds is 3. The van der Waals surface area contributed by atoms with Gasteiger partial charge in [0.1, 0.15) is 0 Å². The summed E-state index contributed by atoms with van der Waals surface area (Å²) in [5.74, 6) is 0.152. The molecule has 8 heteroatoms. The molecule has 5 rings (SSSR count). The van der Waals surface area contributed by atoms with Gasteiger partial charge in [0, 0.05) is 80.5 Å². The number of para-hydroxylation sites is 1. The standard InChI is InChI=1S/C22H25N5O2S/c1-15-19(17-5-3-4-6-18(17)24(15)2)21(28)27-13-16(14-27)25-8-10-26(11-9-25)22(29)20-23-7-12-30-20/h3-7,12,16H,8-11,13-14H2,1-2H3. The van der Waals surface area contributed by atoms with E-state index in [9.17, 15) is 9.59 Å². The Morgan fingerprint density at radius 1 is 1.03 bits per heavy atom. The van der Waals surface area contributed by atoms with Crippen molar-refractivity contribution in [2.45, 2.75) is 13.0 Å². The maximum atomic E-state index is 13.2. The molecule has 1 aromatic carbocycles. The van der Waals surface area contributed by atoms with Gasteiger partial charge in [-0.1, -0.05) is 18.2 Å². The Labute approximate surface area is 179 Å². The molecular weight excluding hydrogens is 398 g/mol. The summed E-state index contributed by atoms with van der Waals surface area (Å²) in [6.45, 7) is 6.64. The van der Waals surface area contributed by atoms with E-state index in [4.69, 9.17) is 0 Å². The summed E-state index contributed by atoms with van der Waals surface area (Å²) in [7, 11) is 2.01. The van der Waals surface area contributed by atoms with Crippen molar-refractivity contribution in [1.82, 2.24) is 24.3 Å². The van der Waals surface area contributed by atoms with Crippen LogP contribution in [0.4, 0.5) is 0 Å². The number of piperazine rings is 1. The van der Waals surface area contributed by atoms with Gasteiger partial charge in [0.25, 0.3) is 11.8 Å². The lowest BCUT2D eigenvalue weighted by atomic mass is 10.0. The summed E-state index contributed by atoms with van der Waals surface area (Å²) >= 11 is 1.39. The number of carbonyl (C=O) groups is 2. The number of fused-ring (bicyclic) bond motifs is 1. The second-order valence-corrected chi connectivity index (χ2v) is 8.96. The van der Waals surface area contributed by atoms with Gasteiger partial charge < -0.3 is 14.4 Å². The normalized spacial score (nSPS) is 18.1. The Kier molecular flexibility index (Phi) is 4.83. The number of likely N-dealkylation sites (tertiary alicyclic amines) is 1. The topological polar surface area (TPSA) is 61.7 Å². The monoisotopic (exact) mass is 423 g/mol. The third kappa shape index (κ3) is 3.11. The maximum absolute atomic E-state index is 13.2. The van der Waals surface area contributed by atoms with Gasteiger partial charge in [-0.25, -0.2) is 4.98 Å². The molecule has 0 unspecified atom stereocenters. The molecule has 0 N–H and O–H groups in total. The number of carbonyl (C=O) groups excluding carboxylic acids is 2. The summed E-state index contributed by atoms with van der Waals surface area (Å²) < 4.78 is 2.10. The predicted octanol–water partition coefficient (Wildman–Crippen LogP) is 2.23. The largest absolute Gasteiger partial charge is 0.347 e. The number of thiazole rings is 1. The molecule has 0 radical (unpaired) electrons. The van der Waals surface area contributed by atoms with Gasteiger partial charge in [-0.05, 0) is 13.0 Å². The van der Waals surface area contributed by atoms with Crippen LogP contribution >= 0.6 is 11.3 Å². The summed E-state index contributed by atoms with van der Waals surface area (Å²) in [6.07, 6.45) is 1.67. The van der Waals surface area contributed by atoms with E-state index < -0.39 is 0 Å². The van der Waals surface area contributed by atoms with E-state index in [0.29, 0.717) is 24.1 Å². The zero-order chi connectivity index (χ0) is 20.8. The van der Waals surface area contributed by atoms with Crippen molar-refractivity contribution in [2.24, 2.45) is 7.05 Å². The Balaban J connectivity index is 1.20. The van der Waals surface area contributed by atoms with E-state index in [1.165, 1.54) is 11.3 Å². The van der Waals surface area contributed by atoms with Crippen molar-refractivity contribution < 1.29 is 9.59 Å². The molecule has 0 aliphatic carbocycles. The molecule has 4 heterocycles. The third-order valence-electron chi connectivity index (χ3n) is 6.50. The van der Waals surface area contributed by atoms with Crippen molar-refractivity contribution >= 4 is 34.1 Å². The lowest BCUT2D eigenvalue weighted by Gasteiger charge is -2.48. The number of hydrogen-bond donors (Lipinski definition) is 0. The van der Waals surface area contributed by atoms with Gasteiger partial charge in [0.2, 0.25) is 0 Å². The van der Waals surface area contributed by atoms with Crippen LogP contribution in [-0.4, -0.2) is 81.4 Å². The third-order valence-corrected chi connectivity index (χ3v) is 7.26. The highest BCUT2D eigenvalue weighted by Gasteiger charge is 2.38. The highest BCUT2D eigenvalue weighted by atomic mass is 32.1. The minimum absolute atomic E-state index is 0.0292. The molecular formula is C22H25N5O2S. The van der Waals surface area contributed by atoms with Crippen LogP contribution in [0.15, 0.2) is 35.8 Å². The molecule has 0 bridgehead atoms. The predicted molar refractivity (Wildman–Crippen MR) is 117 cm³/mol. The number of hydrogen-bond acceptors (Lipinski definition) is 5. The SMILES string of the molecule is Cc1c(C(=O)N2CC(N3CCN(C(=O)c4nccs4)CC3)C2)c2ccccc2n1C. The average Bonchev–Trinajstić information content (AvgIpc) is 3.35. The van der Waals surface area contributed by atoms with E-state index in [2.05, 4.69) is 20.5 Å². The Morgan fingerprint density at radius 2 is 1.77 bits per heavy atom. The summed E-state index contributed by atoms with van der Waals surface area (Å²) in [4.78, 5) is 36.0. The smallest absolute Gasteiger partial charge is 0.282 e. The number of benzene rings is 1. The fourth-order valence-electron chi connectivity index (χ4n) is 4.56. The van der Waals surface area contributed by atoms with Gasteiger partial charge >= 0.3 is 0 Å². The van der Waals surface area contributed by atoms with Crippen LogP contribution in [-0.2, 0) is 7.05 Å². The molecule has 2 saturated heterocycles. The molecule has 0 atom stereocenters. The first-order chi connectivity index (χ1) is 14.5. The highest BCUT2D eigenvalue weighted by Crippen LogP contribution is 2.28. The van der Waals surface area contributed by atoms with Gasteiger partial charge in [-0.2, -0.15) is 0 Å². The molecule has 2 amide bonds. The van der Waals surface area contributed by atoms with Crippen molar-refractivity contribution in [3.05, 3.63) is 52.1 Å². The van der Waals surface area contributed by atoms with Crippen molar-refractivity contribution in [1.29, 1.82) is 0 Å². The van der Waals surface area contributed by atoms with E-state index in [1.807, 2.05) is 47.4 Å². The van der Waals surface area contributed by atoms with E-state index in [1.54, 1.807) is 6.20 Å². The van der Waals surface area contributed by atoms with Crippen molar-refractivity contribution in [3.63, 3.8) is 0 Å². The van der Waals surface area contributed by atoms with Gasteiger partial charge in [0.15, 0.2) is 5.01 Å². The Hall–Kier alpha value is -2.71. The molecule has 156 valence electrons. The zero-order valence-electron chi connectivity index (χ0n) is 17.2. The van der Waals surface area contributed by atoms with Crippen LogP contribution in [0, 0.1) is 6.92 Å². The van der Waals surface area contributed by atoms with Crippen molar-refractivity contribution in [2.75, 3.05) is 39.3 Å². The van der Waals surface area contributed by atoms with Crippen LogP contribution in [0.1, 0.15) is 25.9 Å². The number of aryl methyl sites for hydroxylation is 1. The van der Waals surface area contributed by atoms with Gasteiger partial charge in [-0.15, -0.1) is 11.3 Å². The zero-order valence-corrected chi connectivity index (χ0v) is 18.1. The fourth-order valence-corrected chi connectivity index (χ4v) is 5.16. The van der Waals surface area contributed by atoms with E-state index in [0.717, 1.165) is 48.3 Å². The first kappa shape index (κ1) is 19.3. The first-order valence-corrected chi connectivity index (χ1v) is 11.2. The van der Waals surface area contributed by atoms with Crippen LogP contribution in [0.5, 0.6) is 0 Å². The van der Waals surface area contributed by atoms with Gasteiger partial charge in [0.05, 0.1) is 5.56 Å².